The van der Waals surface area contributed by atoms with Crippen LogP contribution in [0.2, 0.25) is 0 Å². The molecular weight excluding hydrogens is 297 g/mol. The predicted octanol–water partition coefficient (Wildman–Crippen LogP) is 2.84. The standard InChI is InChI=1S/C17H20FN3O2/c1-12-9-19-17(22-2)16(20-12)21-8-7-13(10-21)11-23-15-6-4-3-5-14(15)18/h3-6,9,13H,7-8,10-11H2,1-2H3. The molecule has 0 bridgehead atoms. The van der Waals surface area contributed by atoms with E-state index in [2.05, 4.69) is 14.9 Å². The van der Waals surface area contributed by atoms with Crippen molar-refractivity contribution in [1.29, 1.82) is 0 Å². The molecule has 2 aromatic rings. The smallest absolute Gasteiger partial charge is 0.257 e. The number of hydrogen-bond acceptors (Lipinski definition) is 5. The van der Waals surface area contributed by atoms with Gasteiger partial charge in [0.1, 0.15) is 0 Å². The van der Waals surface area contributed by atoms with Gasteiger partial charge in [-0.2, -0.15) is 0 Å². The minimum Gasteiger partial charge on any atom is -0.490 e. The molecule has 0 saturated carbocycles. The van der Waals surface area contributed by atoms with E-state index in [1.54, 1.807) is 31.5 Å². The second-order valence-electron chi connectivity index (χ2n) is 5.69. The molecule has 2 heterocycles. The molecule has 1 saturated heterocycles. The molecule has 3 rings (SSSR count). The zero-order chi connectivity index (χ0) is 16.2. The Labute approximate surface area is 135 Å². The molecule has 0 amide bonds. The van der Waals surface area contributed by atoms with Crippen LogP contribution in [-0.2, 0) is 0 Å². The molecule has 0 N–H and O–H groups in total. The maximum atomic E-state index is 13.6. The lowest BCUT2D eigenvalue weighted by Gasteiger charge is -2.19. The summed E-state index contributed by atoms with van der Waals surface area (Å²) < 4.78 is 24.5. The first kappa shape index (κ1) is 15.5. The summed E-state index contributed by atoms with van der Waals surface area (Å²) in [5.74, 6) is 1.60. The topological polar surface area (TPSA) is 47.5 Å². The van der Waals surface area contributed by atoms with Crippen molar-refractivity contribution in [1.82, 2.24) is 9.97 Å². The summed E-state index contributed by atoms with van der Waals surface area (Å²) in [6.45, 7) is 4.05. The number of para-hydroxylation sites is 1. The number of ether oxygens (including phenoxy) is 2. The average molecular weight is 317 g/mol. The third-order valence-corrected chi connectivity index (χ3v) is 3.93. The predicted molar refractivity (Wildman–Crippen MR) is 85.5 cm³/mol. The number of aromatic nitrogens is 2. The maximum Gasteiger partial charge on any atom is 0.257 e. The molecule has 5 nitrogen and oxygen atoms in total. The average Bonchev–Trinajstić information content (AvgIpc) is 3.03. The number of hydrogen-bond donors (Lipinski definition) is 0. The molecule has 23 heavy (non-hydrogen) atoms. The van der Waals surface area contributed by atoms with Crippen LogP contribution in [0.1, 0.15) is 12.1 Å². The van der Waals surface area contributed by atoms with E-state index in [4.69, 9.17) is 9.47 Å². The van der Waals surface area contributed by atoms with Gasteiger partial charge in [0.05, 0.1) is 25.6 Å². The van der Waals surface area contributed by atoms with Gasteiger partial charge in [0.25, 0.3) is 5.88 Å². The summed E-state index contributed by atoms with van der Waals surface area (Å²) in [6, 6.07) is 6.48. The molecule has 1 aromatic carbocycles. The van der Waals surface area contributed by atoms with Crippen LogP contribution in [0.4, 0.5) is 10.2 Å². The Balaban J connectivity index is 1.63. The van der Waals surface area contributed by atoms with E-state index in [9.17, 15) is 4.39 Å². The molecule has 6 heteroatoms. The molecule has 122 valence electrons. The summed E-state index contributed by atoms with van der Waals surface area (Å²) in [6.07, 6.45) is 2.66. The van der Waals surface area contributed by atoms with Crippen LogP contribution in [0.5, 0.6) is 11.6 Å². The molecule has 1 fully saturated rings. The molecule has 0 aliphatic carbocycles. The van der Waals surface area contributed by atoms with E-state index in [1.165, 1.54) is 6.07 Å². The van der Waals surface area contributed by atoms with Gasteiger partial charge < -0.3 is 14.4 Å². The van der Waals surface area contributed by atoms with Gasteiger partial charge in [-0.3, -0.25) is 0 Å². The molecule has 1 atom stereocenters. The number of anilines is 1. The van der Waals surface area contributed by atoms with Crippen molar-refractivity contribution < 1.29 is 13.9 Å². The number of methoxy groups -OCH3 is 1. The van der Waals surface area contributed by atoms with Gasteiger partial charge in [-0.1, -0.05) is 12.1 Å². The normalized spacial score (nSPS) is 17.3. The van der Waals surface area contributed by atoms with E-state index in [1.807, 2.05) is 6.92 Å². The summed E-state index contributed by atoms with van der Waals surface area (Å²) in [7, 11) is 1.59. The van der Waals surface area contributed by atoms with Crippen molar-refractivity contribution in [2.24, 2.45) is 5.92 Å². The Hall–Kier alpha value is -2.37. The number of benzene rings is 1. The van der Waals surface area contributed by atoms with Gasteiger partial charge in [-0.15, -0.1) is 0 Å². The lowest BCUT2D eigenvalue weighted by molar-refractivity contribution is 0.250. The second kappa shape index (κ2) is 6.81. The van der Waals surface area contributed by atoms with Gasteiger partial charge in [-0.05, 0) is 25.5 Å². The minimum atomic E-state index is -0.325. The maximum absolute atomic E-state index is 13.6. The van der Waals surface area contributed by atoms with Crippen LogP contribution in [-0.4, -0.2) is 36.8 Å². The molecule has 1 unspecified atom stereocenters. The molecule has 0 radical (unpaired) electrons. The van der Waals surface area contributed by atoms with Crippen LogP contribution in [0, 0.1) is 18.7 Å². The number of rotatable bonds is 5. The van der Waals surface area contributed by atoms with Crippen LogP contribution >= 0.6 is 0 Å². The van der Waals surface area contributed by atoms with Crippen molar-refractivity contribution >= 4 is 5.82 Å². The van der Waals surface area contributed by atoms with E-state index in [-0.39, 0.29) is 5.82 Å². The largest absolute Gasteiger partial charge is 0.490 e. The highest BCUT2D eigenvalue weighted by Crippen LogP contribution is 2.29. The summed E-state index contributed by atoms with van der Waals surface area (Å²) in [5.41, 5.74) is 0.854. The van der Waals surface area contributed by atoms with Crippen LogP contribution in [0.25, 0.3) is 0 Å². The van der Waals surface area contributed by atoms with Crippen molar-refractivity contribution in [2.75, 3.05) is 31.7 Å². The monoisotopic (exact) mass is 317 g/mol. The van der Waals surface area contributed by atoms with Crippen LogP contribution in [0.3, 0.4) is 0 Å². The molecule has 1 aromatic heterocycles. The van der Waals surface area contributed by atoms with Crippen LogP contribution < -0.4 is 14.4 Å². The van der Waals surface area contributed by atoms with Gasteiger partial charge in [0.15, 0.2) is 17.4 Å². The molecule has 1 aliphatic heterocycles. The van der Waals surface area contributed by atoms with E-state index < -0.39 is 0 Å². The van der Waals surface area contributed by atoms with Crippen LogP contribution in [0.15, 0.2) is 30.5 Å². The van der Waals surface area contributed by atoms with Crippen molar-refractivity contribution in [3.05, 3.63) is 42.0 Å². The van der Waals surface area contributed by atoms with E-state index >= 15 is 0 Å². The first-order chi connectivity index (χ1) is 11.2. The van der Waals surface area contributed by atoms with Crippen molar-refractivity contribution in [2.45, 2.75) is 13.3 Å². The quantitative estimate of drug-likeness (QED) is 0.848. The highest BCUT2D eigenvalue weighted by atomic mass is 19.1. The summed E-state index contributed by atoms with van der Waals surface area (Å²) in [4.78, 5) is 10.9. The van der Waals surface area contributed by atoms with Gasteiger partial charge in [-0.25, -0.2) is 14.4 Å². The molecule has 1 aliphatic rings. The lowest BCUT2D eigenvalue weighted by atomic mass is 10.1. The SMILES string of the molecule is COc1ncc(C)nc1N1CCC(COc2ccccc2F)C1. The Morgan fingerprint density at radius 1 is 1.35 bits per heavy atom. The first-order valence-electron chi connectivity index (χ1n) is 7.67. The lowest BCUT2D eigenvalue weighted by Crippen LogP contribution is -2.24. The van der Waals surface area contributed by atoms with E-state index in [0.717, 1.165) is 31.0 Å². The Kier molecular flexibility index (Phi) is 4.60. The Bertz CT molecular complexity index is 681. The Morgan fingerprint density at radius 2 is 2.17 bits per heavy atom. The highest BCUT2D eigenvalue weighted by molar-refractivity contribution is 5.49. The third-order valence-electron chi connectivity index (χ3n) is 3.93. The second-order valence-corrected chi connectivity index (χ2v) is 5.69. The zero-order valence-electron chi connectivity index (χ0n) is 13.3. The highest BCUT2D eigenvalue weighted by Gasteiger charge is 2.27. The number of nitrogens with zero attached hydrogens (tertiary/aromatic N) is 3. The third kappa shape index (κ3) is 3.52. The first-order valence-corrected chi connectivity index (χ1v) is 7.67. The van der Waals surface area contributed by atoms with Gasteiger partial charge in [0.2, 0.25) is 0 Å². The molecular formula is C17H20FN3O2. The number of halogens is 1. The fourth-order valence-corrected chi connectivity index (χ4v) is 2.73. The fraction of sp³-hybridized carbons (Fsp3) is 0.412. The van der Waals surface area contributed by atoms with Gasteiger partial charge >= 0.3 is 0 Å². The zero-order valence-corrected chi connectivity index (χ0v) is 13.3. The summed E-state index contributed by atoms with van der Waals surface area (Å²) >= 11 is 0. The van der Waals surface area contributed by atoms with Crippen molar-refractivity contribution in [3.63, 3.8) is 0 Å². The van der Waals surface area contributed by atoms with Crippen molar-refractivity contribution in [3.8, 4) is 11.6 Å². The minimum absolute atomic E-state index is 0.305. The number of aryl methyl sites for hydroxylation is 1. The van der Waals surface area contributed by atoms with E-state index in [0.29, 0.717) is 24.2 Å². The van der Waals surface area contributed by atoms with Gasteiger partial charge in [0, 0.05) is 19.0 Å². The molecule has 0 spiro atoms. The fourth-order valence-electron chi connectivity index (χ4n) is 2.73. The summed E-state index contributed by atoms with van der Waals surface area (Å²) in [5, 5.41) is 0. The Morgan fingerprint density at radius 3 is 2.96 bits per heavy atom.